The van der Waals surface area contributed by atoms with Gasteiger partial charge in [0.15, 0.2) is 0 Å². The zero-order valence-corrected chi connectivity index (χ0v) is 12.5. The molecule has 1 heterocycles. The number of halogens is 1. The van der Waals surface area contributed by atoms with E-state index in [1.165, 1.54) is 11.1 Å². The van der Waals surface area contributed by atoms with Gasteiger partial charge >= 0.3 is 6.09 Å². The number of carbonyl (C=O) groups is 1. The monoisotopic (exact) mass is 281 g/mol. The van der Waals surface area contributed by atoms with E-state index >= 15 is 0 Å². The maximum atomic E-state index is 12.1. The highest BCUT2D eigenvalue weighted by atomic mass is 35.5. The molecule has 0 spiro atoms. The van der Waals surface area contributed by atoms with Gasteiger partial charge in [-0.3, -0.25) is 0 Å². The van der Waals surface area contributed by atoms with Crippen molar-refractivity contribution in [1.82, 2.24) is 4.90 Å². The lowest BCUT2D eigenvalue weighted by Crippen LogP contribution is -2.39. The Hall–Kier alpha value is -1.22. The molecule has 0 unspecified atom stereocenters. The highest BCUT2D eigenvalue weighted by molar-refractivity contribution is 6.17. The summed E-state index contributed by atoms with van der Waals surface area (Å²) in [7, 11) is 0. The quantitative estimate of drug-likeness (QED) is 0.734. The van der Waals surface area contributed by atoms with Crippen LogP contribution in [0.15, 0.2) is 18.2 Å². The molecule has 19 heavy (non-hydrogen) atoms. The van der Waals surface area contributed by atoms with Crippen molar-refractivity contribution in [2.75, 3.05) is 6.54 Å². The molecule has 0 aromatic heterocycles. The summed E-state index contributed by atoms with van der Waals surface area (Å²) in [5.41, 5.74) is 3.12. The molecule has 0 fully saturated rings. The van der Waals surface area contributed by atoms with E-state index in [4.69, 9.17) is 16.3 Å². The second-order valence-electron chi connectivity index (χ2n) is 5.89. The largest absolute Gasteiger partial charge is 0.444 e. The number of benzene rings is 1. The second-order valence-corrected chi connectivity index (χ2v) is 6.16. The van der Waals surface area contributed by atoms with Crippen LogP contribution in [-0.4, -0.2) is 23.1 Å². The minimum Gasteiger partial charge on any atom is -0.444 e. The highest BCUT2D eigenvalue weighted by Gasteiger charge is 2.25. The maximum Gasteiger partial charge on any atom is 0.410 e. The summed E-state index contributed by atoms with van der Waals surface area (Å²) in [4.78, 5) is 13.8. The van der Waals surface area contributed by atoms with Crippen molar-refractivity contribution in [2.24, 2.45) is 0 Å². The van der Waals surface area contributed by atoms with Crippen LogP contribution in [0.25, 0.3) is 0 Å². The van der Waals surface area contributed by atoms with E-state index < -0.39 is 5.60 Å². The Morgan fingerprint density at radius 1 is 1.37 bits per heavy atom. The van der Waals surface area contributed by atoms with Crippen LogP contribution in [0.2, 0.25) is 0 Å². The van der Waals surface area contributed by atoms with Crippen molar-refractivity contribution < 1.29 is 9.53 Å². The molecule has 1 aromatic rings. The molecule has 104 valence electrons. The van der Waals surface area contributed by atoms with E-state index in [9.17, 15) is 4.79 Å². The molecule has 0 saturated carbocycles. The third-order valence-electron chi connectivity index (χ3n) is 3.09. The van der Waals surface area contributed by atoms with Crippen LogP contribution in [-0.2, 0) is 23.6 Å². The van der Waals surface area contributed by atoms with Gasteiger partial charge in [-0.25, -0.2) is 4.79 Å². The number of amides is 1. The molecule has 0 bridgehead atoms. The van der Waals surface area contributed by atoms with Crippen molar-refractivity contribution in [3.63, 3.8) is 0 Å². The first kappa shape index (κ1) is 14.2. The van der Waals surface area contributed by atoms with Gasteiger partial charge in [-0.05, 0) is 43.9 Å². The average Bonchev–Trinajstić information content (AvgIpc) is 2.35. The van der Waals surface area contributed by atoms with Gasteiger partial charge in [0.25, 0.3) is 0 Å². The highest BCUT2D eigenvalue weighted by Crippen LogP contribution is 2.22. The van der Waals surface area contributed by atoms with E-state index in [1.54, 1.807) is 4.90 Å². The van der Waals surface area contributed by atoms with Gasteiger partial charge in [0.1, 0.15) is 5.60 Å². The molecule has 1 aliphatic rings. The van der Waals surface area contributed by atoms with E-state index in [0.717, 1.165) is 12.0 Å². The smallest absolute Gasteiger partial charge is 0.410 e. The van der Waals surface area contributed by atoms with Gasteiger partial charge in [0.2, 0.25) is 0 Å². The minimum absolute atomic E-state index is 0.241. The Morgan fingerprint density at radius 2 is 2.11 bits per heavy atom. The third-order valence-corrected chi connectivity index (χ3v) is 3.40. The van der Waals surface area contributed by atoms with Gasteiger partial charge in [-0.1, -0.05) is 18.2 Å². The van der Waals surface area contributed by atoms with Crippen molar-refractivity contribution in [1.29, 1.82) is 0 Å². The molecule has 1 aliphatic heterocycles. The molecule has 2 rings (SSSR count). The lowest BCUT2D eigenvalue weighted by Gasteiger charge is -2.31. The number of carbonyl (C=O) groups excluding carboxylic acids is 1. The number of hydrogen-bond donors (Lipinski definition) is 0. The number of rotatable bonds is 1. The number of alkyl halides is 1. The standard InChI is InChI=1S/C15H20ClNO2/c1-15(2,3)19-14(18)17-7-6-12-5-4-11(9-16)8-13(12)10-17/h4-5,8H,6-7,9-10H2,1-3H3. The predicted molar refractivity (Wildman–Crippen MR) is 76.3 cm³/mol. The summed E-state index contributed by atoms with van der Waals surface area (Å²) in [5.74, 6) is 0.500. The molecule has 3 nitrogen and oxygen atoms in total. The average molecular weight is 282 g/mol. The Balaban J connectivity index is 2.10. The second kappa shape index (κ2) is 5.41. The van der Waals surface area contributed by atoms with Gasteiger partial charge in [-0.2, -0.15) is 0 Å². The van der Waals surface area contributed by atoms with Crippen LogP contribution in [0, 0.1) is 0 Å². The van der Waals surface area contributed by atoms with Crippen molar-refractivity contribution in [3.8, 4) is 0 Å². The minimum atomic E-state index is -0.449. The molecule has 0 saturated heterocycles. The predicted octanol–water partition coefficient (Wildman–Crippen LogP) is 3.72. The number of ether oxygens (including phenoxy) is 1. The van der Waals surface area contributed by atoms with Crippen LogP contribution in [0.5, 0.6) is 0 Å². The van der Waals surface area contributed by atoms with Crippen molar-refractivity contribution in [3.05, 3.63) is 34.9 Å². The first-order valence-corrected chi connectivity index (χ1v) is 7.07. The molecule has 0 atom stereocenters. The summed E-state index contributed by atoms with van der Waals surface area (Å²) in [5, 5.41) is 0. The van der Waals surface area contributed by atoms with Crippen molar-refractivity contribution in [2.45, 2.75) is 45.2 Å². The fourth-order valence-corrected chi connectivity index (χ4v) is 2.34. The molecule has 0 aliphatic carbocycles. The Bertz CT molecular complexity index is 480. The fraction of sp³-hybridized carbons (Fsp3) is 0.533. The van der Waals surface area contributed by atoms with Gasteiger partial charge in [-0.15, -0.1) is 11.6 Å². The normalized spacial score (nSPS) is 15.1. The van der Waals surface area contributed by atoms with Crippen LogP contribution < -0.4 is 0 Å². The van der Waals surface area contributed by atoms with E-state index in [2.05, 4.69) is 18.2 Å². The molecule has 0 N–H and O–H groups in total. The molecular formula is C15H20ClNO2. The maximum absolute atomic E-state index is 12.1. The summed E-state index contributed by atoms with van der Waals surface area (Å²) < 4.78 is 5.41. The third kappa shape index (κ3) is 3.63. The number of hydrogen-bond acceptors (Lipinski definition) is 2. The van der Waals surface area contributed by atoms with Crippen LogP contribution in [0.4, 0.5) is 4.79 Å². The zero-order valence-electron chi connectivity index (χ0n) is 11.7. The molecular weight excluding hydrogens is 262 g/mol. The number of fused-ring (bicyclic) bond motifs is 1. The van der Waals surface area contributed by atoms with Crippen LogP contribution in [0.1, 0.15) is 37.5 Å². The first-order chi connectivity index (χ1) is 8.89. The summed E-state index contributed by atoms with van der Waals surface area (Å²) in [6.45, 7) is 6.97. The summed E-state index contributed by atoms with van der Waals surface area (Å²) in [6.07, 6.45) is 0.631. The molecule has 1 aromatic carbocycles. The lowest BCUT2D eigenvalue weighted by molar-refractivity contribution is 0.0224. The summed E-state index contributed by atoms with van der Waals surface area (Å²) >= 11 is 5.85. The first-order valence-electron chi connectivity index (χ1n) is 6.53. The van der Waals surface area contributed by atoms with Gasteiger partial charge < -0.3 is 9.64 Å². The zero-order chi connectivity index (χ0) is 14.0. The number of nitrogens with zero attached hydrogens (tertiary/aromatic N) is 1. The van der Waals surface area contributed by atoms with Gasteiger partial charge in [0.05, 0.1) is 0 Å². The van der Waals surface area contributed by atoms with E-state index in [0.29, 0.717) is 19.0 Å². The fourth-order valence-electron chi connectivity index (χ4n) is 2.18. The topological polar surface area (TPSA) is 29.5 Å². The molecule has 4 heteroatoms. The van der Waals surface area contributed by atoms with E-state index in [1.807, 2.05) is 20.8 Å². The van der Waals surface area contributed by atoms with Crippen molar-refractivity contribution >= 4 is 17.7 Å². The SMILES string of the molecule is CC(C)(C)OC(=O)N1CCc2ccc(CCl)cc2C1. The van der Waals surface area contributed by atoms with E-state index in [-0.39, 0.29) is 6.09 Å². The van der Waals surface area contributed by atoms with Crippen LogP contribution in [0.3, 0.4) is 0 Å². The van der Waals surface area contributed by atoms with Gasteiger partial charge in [0, 0.05) is 19.0 Å². The molecule has 1 amide bonds. The lowest BCUT2D eigenvalue weighted by atomic mass is 9.98. The Labute approximate surface area is 119 Å². The summed E-state index contributed by atoms with van der Waals surface area (Å²) in [6, 6.07) is 6.24. The Kier molecular flexibility index (Phi) is 4.04. The Morgan fingerprint density at radius 3 is 2.74 bits per heavy atom. The van der Waals surface area contributed by atoms with Crippen LogP contribution >= 0.6 is 11.6 Å². The molecule has 0 radical (unpaired) electrons.